The van der Waals surface area contributed by atoms with Gasteiger partial charge in [-0.3, -0.25) is 9.78 Å². The number of Topliss-reactive ketones (excluding diaryl/α,β-unsaturated/α-hetero) is 1. The molecule has 1 heterocycles. The second-order valence-corrected chi connectivity index (χ2v) is 7.00. The number of hydrogen-bond donors (Lipinski definition) is 1. The second kappa shape index (κ2) is 8.57. The van der Waals surface area contributed by atoms with Crippen LogP contribution in [0.5, 0.6) is 5.75 Å². The van der Waals surface area contributed by atoms with Gasteiger partial charge in [0.05, 0.1) is 6.54 Å². The molecule has 2 aromatic rings. The summed E-state index contributed by atoms with van der Waals surface area (Å²) in [4.78, 5) is 17.3. The van der Waals surface area contributed by atoms with Crippen molar-refractivity contribution in [1.82, 2.24) is 4.98 Å². The van der Waals surface area contributed by atoms with Crippen molar-refractivity contribution in [3.8, 4) is 5.75 Å². The number of nitrogens with zero attached hydrogens (tertiary/aromatic N) is 1. The average molecular weight is 435 g/mol. The van der Waals surface area contributed by atoms with Crippen LogP contribution in [-0.2, 0) is 0 Å². The molecule has 0 aliphatic rings. The van der Waals surface area contributed by atoms with Gasteiger partial charge in [0.1, 0.15) is 11.4 Å². The Morgan fingerprint density at radius 2 is 2.00 bits per heavy atom. The van der Waals surface area contributed by atoms with E-state index in [1.165, 1.54) is 36.0 Å². The van der Waals surface area contributed by atoms with Gasteiger partial charge in [-0.05, 0) is 52.0 Å². The fraction of sp³-hybridized carbons (Fsp3) is 0.250. The second-order valence-electron chi connectivity index (χ2n) is 4.78. The minimum atomic E-state index is -4.73. The van der Waals surface area contributed by atoms with Crippen LogP contribution in [0.25, 0.3) is 0 Å². The Balaban J connectivity index is 2.00. The normalized spacial score (nSPS) is 11.2. The zero-order chi connectivity index (χ0) is 18.4. The molecule has 1 N–H and O–H groups in total. The fourth-order valence-electron chi connectivity index (χ4n) is 1.94. The quantitative estimate of drug-likeness (QED) is 0.482. The van der Waals surface area contributed by atoms with Crippen molar-refractivity contribution in [1.29, 1.82) is 0 Å². The molecule has 0 spiro atoms. The molecule has 0 radical (unpaired) electrons. The summed E-state index contributed by atoms with van der Waals surface area (Å²) in [6.07, 6.45) is -3.18. The van der Waals surface area contributed by atoms with Crippen LogP contribution in [0, 0.1) is 0 Å². The van der Waals surface area contributed by atoms with Crippen LogP contribution in [0.2, 0.25) is 0 Å². The van der Waals surface area contributed by atoms with Crippen molar-refractivity contribution < 1.29 is 22.7 Å². The third-order valence-electron chi connectivity index (χ3n) is 2.92. The first-order valence-corrected chi connectivity index (χ1v) is 8.97. The highest BCUT2D eigenvalue weighted by atomic mass is 79.9. The molecule has 0 aliphatic heterocycles. The summed E-state index contributed by atoms with van der Waals surface area (Å²) in [5, 5.41) is 2.87. The number of aromatic nitrogens is 1. The summed E-state index contributed by atoms with van der Waals surface area (Å²) < 4.78 is 40.9. The highest BCUT2D eigenvalue weighted by Gasteiger charge is 2.30. The maximum Gasteiger partial charge on any atom is 0.573 e. The first-order chi connectivity index (χ1) is 11.8. The van der Waals surface area contributed by atoms with Gasteiger partial charge in [0.15, 0.2) is 0 Å². The molecule has 9 heteroatoms. The zero-order valence-corrected chi connectivity index (χ0v) is 15.5. The molecule has 134 valence electrons. The van der Waals surface area contributed by atoms with Gasteiger partial charge in [-0.2, -0.15) is 0 Å². The minimum Gasteiger partial charge on any atom is -0.406 e. The number of alkyl halides is 3. The lowest BCUT2D eigenvalue weighted by molar-refractivity contribution is -0.274. The van der Waals surface area contributed by atoms with Crippen LogP contribution >= 0.6 is 27.7 Å². The van der Waals surface area contributed by atoms with Gasteiger partial charge >= 0.3 is 6.36 Å². The van der Waals surface area contributed by atoms with E-state index in [4.69, 9.17) is 0 Å². The lowest BCUT2D eigenvalue weighted by atomic mass is 10.2. The molecule has 0 atom stereocenters. The van der Waals surface area contributed by atoms with Crippen molar-refractivity contribution in [2.24, 2.45) is 0 Å². The van der Waals surface area contributed by atoms with Crippen LogP contribution in [0.15, 0.2) is 45.9 Å². The molecule has 25 heavy (non-hydrogen) atoms. The molecule has 0 saturated heterocycles. The average Bonchev–Trinajstić information content (AvgIpc) is 2.53. The van der Waals surface area contributed by atoms with E-state index >= 15 is 0 Å². The maximum atomic E-state index is 12.4. The first-order valence-electron chi connectivity index (χ1n) is 7.19. The first kappa shape index (κ1) is 19.6. The zero-order valence-electron chi connectivity index (χ0n) is 13.1. The molecule has 1 aromatic carbocycles. The summed E-state index contributed by atoms with van der Waals surface area (Å²) in [6, 6.07) is 7.00. The summed E-state index contributed by atoms with van der Waals surface area (Å²) >= 11 is 4.83. The number of carbonyl (C=O) groups is 1. The molecule has 0 bridgehead atoms. The summed E-state index contributed by atoms with van der Waals surface area (Å²) in [7, 11) is 0. The minimum absolute atomic E-state index is 0.0224. The Kier molecular flexibility index (Phi) is 6.71. The van der Waals surface area contributed by atoms with Crippen molar-refractivity contribution in [2.75, 3.05) is 17.6 Å². The molecular weight excluding hydrogens is 421 g/mol. The number of carbonyl (C=O) groups excluding carboxylic acids is 1. The molecule has 0 fully saturated rings. The number of pyridine rings is 1. The standard InChI is InChI=1S/C16H14BrF3N2O2S/c1-2-25-14-7-10(17)8-22-15(14)13(23)9-21-11-3-5-12(6-4-11)24-16(18,19)20/h3-8,21H,2,9H2,1H3. The SMILES string of the molecule is CCSc1cc(Br)cnc1C(=O)CNc1ccc(OC(F)(F)F)cc1. The molecule has 0 saturated carbocycles. The van der Waals surface area contributed by atoms with Crippen molar-refractivity contribution >= 4 is 39.2 Å². The summed E-state index contributed by atoms with van der Waals surface area (Å²) in [6.45, 7) is 1.95. The van der Waals surface area contributed by atoms with E-state index in [1.807, 2.05) is 13.0 Å². The van der Waals surface area contributed by atoms with Gasteiger partial charge in [0.2, 0.25) is 5.78 Å². The van der Waals surface area contributed by atoms with E-state index in [9.17, 15) is 18.0 Å². The Hall–Kier alpha value is -1.74. The number of anilines is 1. The Morgan fingerprint density at radius 1 is 1.32 bits per heavy atom. The largest absolute Gasteiger partial charge is 0.573 e. The predicted molar refractivity (Wildman–Crippen MR) is 94.3 cm³/mol. The van der Waals surface area contributed by atoms with Gasteiger partial charge < -0.3 is 10.1 Å². The van der Waals surface area contributed by atoms with Gasteiger partial charge in [-0.15, -0.1) is 24.9 Å². The number of nitrogens with one attached hydrogen (secondary N) is 1. The summed E-state index contributed by atoms with van der Waals surface area (Å²) in [5.41, 5.74) is 0.865. The summed E-state index contributed by atoms with van der Waals surface area (Å²) in [5.74, 6) is 0.270. The number of ketones is 1. The Bertz CT molecular complexity index is 739. The maximum absolute atomic E-state index is 12.4. The molecule has 0 amide bonds. The number of hydrogen-bond acceptors (Lipinski definition) is 5. The predicted octanol–water partition coefficient (Wildman–Crippen LogP) is 5.15. The molecular formula is C16H14BrF3N2O2S. The van der Waals surface area contributed by atoms with Crippen LogP contribution in [0.4, 0.5) is 18.9 Å². The molecule has 0 aliphatic carbocycles. The number of thioether (sulfide) groups is 1. The third-order valence-corrected chi connectivity index (χ3v) is 4.27. The number of rotatable bonds is 7. The van der Waals surface area contributed by atoms with Crippen LogP contribution in [0.1, 0.15) is 17.4 Å². The molecule has 0 unspecified atom stereocenters. The van der Waals surface area contributed by atoms with E-state index in [-0.39, 0.29) is 18.1 Å². The molecule has 4 nitrogen and oxygen atoms in total. The smallest absolute Gasteiger partial charge is 0.406 e. The third kappa shape index (κ3) is 6.24. The van der Waals surface area contributed by atoms with Crippen LogP contribution in [-0.4, -0.2) is 29.4 Å². The fourth-order valence-corrected chi connectivity index (χ4v) is 3.24. The highest BCUT2D eigenvalue weighted by molar-refractivity contribution is 9.10. The van der Waals surface area contributed by atoms with Crippen LogP contribution in [0.3, 0.4) is 0 Å². The monoisotopic (exact) mass is 434 g/mol. The lowest BCUT2D eigenvalue weighted by Gasteiger charge is -2.11. The van der Waals surface area contributed by atoms with Crippen molar-refractivity contribution in [3.63, 3.8) is 0 Å². The molecule has 2 rings (SSSR count). The number of halogens is 4. The van der Waals surface area contributed by atoms with Gasteiger partial charge in [0.25, 0.3) is 0 Å². The van der Waals surface area contributed by atoms with E-state index < -0.39 is 6.36 Å². The number of benzene rings is 1. The lowest BCUT2D eigenvalue weighted by Crippen LogP contribution is -2.17. The van der Waals surface area contributed by atoms with Crippen LogP contribution < -0.4 is 10.1 Å². The van der Waals surface area contributed by atoms with E-state index in [1.54, 1.807) is 6.20 Å². The van der Waals surface area contributed by atoms with Gasteiger partial charge in [0, 0.05) is 21.3 Å². The van der Waals surface area contributed by atoms with E-state index in [2.05, 4.69) is 31.0 Å². The van der Waals surface area contributed by atoms with Gasteiger partial charge in [-0.25, -0.2) is 0 Å². The molecule has 1 aromatic heterocycles. The van der Waals surface area contributed by atoms with E-state index in [0.29, 0.717) is 11.4 Å². The van der Waals surface area contributed by atoms with Gasteiger partial charge in [-0.1, -0.05) is 6.92 Å². The highest BCUT2D eigenvalue weighted by Crippen LogP contribution is 2.26. The topological polar surface area (TPSA) is 51.2 Å². The Morgan fingerprint density at radius 3 is 2.60 bits per heavy atom. The Labute approximate surface area is 155 Å². The number of ether oxygens (including phenoxy) is 1. The van der Waals surface area contributed by atoms with E-state index in [0.717, 1.165) is 15.1 Å². The van der Waals surface area contributed by atoms with Crippen molar-refractivity contribution in [2.45, 2.75) is 18.2 Å². The van der Waals surface area contributed by atoms with Crippen molar-refractivity contribution in [3.05, 3.63) is 46.7 Å².